The highest BCUT2D eigenvalue weighted by Crippen LogP contribution is 2.38. The molecule has 0 spiro atoms. The fourth-order valence-corrected chi connectivity index (χ4v) is 2.11. The van der Waals surface area contributed by atoms with Crippen LogP contribution >= 0.6 is 0 Å². The van der Waals surface area contributed by atoms with Crippen molar-refractivity contribution in [3.05, 3.63) is 41.6 Å². The number of hydrogen-bond acceptors (Lipinski definition) is 4. The number of nitrogens with one attached hydrogen (secondary N) is 1. The van der Waals surface area contributed by atoms with Gasteiger partial charge in [-0.15, -0.1) is 0 Å². The monoisotopic (exact) mass is 315 g/mol. The molecular weight excluding hydrogens is 299 g/mol. The third-order valence-corrected chi connectivity index (χ3v) is 3.30. The second kappa shape index (κ2) is 5.20. The number of anilines is 1. The minimum Gasteiger partial charge on any atom is -0.378 e. The smallest absolute Gasteiger partial charge is 0.378 e. The van der Waals surface area contributed by atoms with Gasteiger partial charge < -0.3 is 10.0 Å². The van der Waals surface area contributed by atoms with Crippen LogP contribution in [-0.4, -0.2) is 42.0 Å². The van der Waals surface area contributed by atoms with Gasteiger partial charge in [-0.3, -0.25) is 10.2 Å². The first-order chi connectivity index (χ1) is 10.1. The quantitative estimate of drug-likeness (QED) is 0.875. The van der Waals surface area contributed by atoms with Gasteiger partial charge in [0.25, 0.3) is 11.6 Å². The van der Waals surface area contributed by atoms with Gasteiger partial charge in [0.2, 0.25) is 0 Å². The minimum absolute atomic E-state index is 0.0314. The van der Waals surface area contributed by atoms with E-state index in [1.807, 2.05) is 0 Å². The molecule has 0 radical (unpaired) electrons. The van der Waals surface area contributed by atoms with Crippen LogP contribution in [0.5, 0.6) is 0 Å². The summed E-state index contributed by atoms with van der Waals surface area (Å²) in [5.74, 6) is -0.974. The molecule has 1 aliphatic rings. The Hall–Kier alpha value is -2.22. The molecule has 2 rings (SSSR count). The van der Waals surface area contributed by atoms with Crippen molar-refractivity contribution < 1.29 is 23.1 Å². The summed E-state index contributed by atoms with van der Waals surface area (Å²) in [6, 6.07) is 6.03. The van der Waals surface area contributed by atoms with E-state index in [0.717, 1.165) is 5.69 Å². The molecule has 1 atom stereocenters. The van der Waals surface area contributed by atoms with Crippen molar-refractivity contribution in [1.82, 2.24) is 10.4 Å². The van der Waals surface area contributed by atoms with Crippen LogP contribution in [-0.2, 0) is 0 Å². The number of nitrogens with zero attached hydrogens (tertiary/aromatic N) is 2. The SMILES string of the molecule is CC1=CC(O)(C(F)(F)F)N(C(=O)c2ccc(N(C)C)cc2)N1. The zero-order valence-corrected chi connectivity index (χ0v) is 12.3. The summed E-state index contributed by atoms with van der Waals surface area (Å²) in [7, 11) is 3.60. The topological polar surface area (TPSA) is 55.8 Å². The lowest BCUT2D eigenvalue weighted by Gasteiger charge is -2.33. The molecule has 1 aromatic carbocycles. The maximum Gasteiger partial charge on any atom is 0.442 e. The standard InChI is InChI=1S/C14H16F3N3O2/c1-9-8-13(22,14(15,16)17)20(18-9)12(21)10-4-6-11(7-5-10)19(2)3/h4-8,18,22H,1-3H3. The summed E-state index contributed by atoms with van der Waals surface area (Å²) in [5.41, 5.74) is -0.247. The molecule has 0 fully saturated rings. The molecule has 1 heterocycles. The Balaban J connectivity index is 2.33. The van der Waals surface area contributed by atoms with Crippen LogP contribution in [0.3, 0.4) is 0 Å². The number of amides is 1. The number of rotatable bonds is 2. The molecule has 1 aromatic rings. The second-order valence-corrected chi connectivity index (χ2v) is 5.24. The number of aliphatic hydroxyl groups is 1. The first-order valence-corrected chi connectivity index (χ1v) is 6.43. The predicted octanol–water partition coefficient (Wildman–Crippen LogP) is 1.87. The summed E-state index contributed by atoms with van der Waals surface area (Å²) in [4.78, 5) is 14.1. The number of benzene rings is 1. The molecule has 1 amide bonds. The lowest BCUT2D eigenvalue weighted by molar-refractivity contribution is -0.283. The average Bonchev–Trinajstić information content (AvgIpc) is 2.74. The van der Waals surface area contributed by atoms with E-state index >= 15 is 0 Å². The van der Waals surface area contributed by atoms with Crippen LogP contribution in [0.4, 0.5) is 18.9 Å². The fraction of sp³-hybridized carbons (Fsp3) is 0.357. The normalized spacial score (nSPS) is 21.4. The van der Waals surface area contributed by atoms with Crippen LogP contribution < -0.4 is 10.3 Å². The van der Waals surface area contributed by atoms with Gasteiger partial charge in [-0.25, -0.2) is 5.01 Å². The molecule has 5 nitrogen and oxygen atoms in total. The average molecular weight is 315 g/mol. The summed E-state index contributed by atoms with van der Waals surface area (Å²) in [6.07, 6.45) is -4.45. The van der Waals surface area contributed by atoms with E-state index in [-0.39, 0.29) is 16.3 Å². The Kier molecular flexibility index (Phi) is 3.82. The van der Waals surface area contributed by atoms with Gasteiger partial charge in [-0.05, 0) is 37.3 Å². The van der Waals surface area contributed by atoms with E-state index in [1.54, 1.807) is 31.1 Å². The van der Waals surface area contributed by atoms with E-state index in [0.29, 0.717) is 6.08 Å². The van der Waals surface area contributed by atoms with E-state index in [4.69, 9.17) is 0 Å². The maximum absolute atomic E-state index is 13.1. The largest absolute Gasteiger partial charge is 0.442 e. The van der Waals surface area contributed by atoms with Crippen molar-refractivity contribution in [3.63, 3.8) is 0 Å². The van der Waals surface area contributed by atoms with Crippen molar-refractivity contribution in [3.8, 4) is 0 Å². The highest BCUT2D eigenvalue weighted by molar-refractivity contribution is 5.95. The van der Waals surface area contributed by atoms with E-state index < -0.39 is 17.8 Å². The molecule has 2 N–H and O–H groups in total. The van der Waals surface area contributed by atoms with Gasteiger partial charge in [0.1, 0.15) is 0 Å². The Bertz CT molecular complexity index is 611. The molecule has 8 heteroatoms. The molecule has 120 valence electrons. The fourth-order valence-electron chi connectivity index (χ4n) is 2.11. The Morgan fingerprint density at radius 2 is 1.82 bits per heavy atom. The number of hydrogen-bond donors (Lipinski definition) is 2. The first kappa shape index (κ1) is 16.2. The van der Waals surface area contributed by atoms with Gasteiger partial charge in [-0.1, -0.05) is 0 Å². The molecule has 0 saturated carbocycles. The van der Waals surface area contributed by atoms with Crippen molar-refractivity contribution in [2.75, 3.05) is 19.0 Å². The van der Waals surface area contributed by atoms with Crippen LogP contribution in [0.1, 0.15) is 17.3 Å². The van der Waals surface area contributed by atoms with E-state index in [9.17, 15) is 23.1 Å². The number of allylic oxidation sites excluding steroid dienone is 1. The van der Waals surface area contributed by atoms with Gasteiger partial charge in [0.05, 0.1) is 0 Å². The van der Waals surface area contributed by atoms with Gasteiger partial charge in [0, 0.05) is 31.0 Å². The van der Waals surface area contributed by atoms with Crippen LogP contribution in [0, 0.1) is 0 Å². The maximum atomic E-state index is 13.1. The number of hydrazine groups is 1. The van der Waals surface area contributed by atoms with Crippen molar-refractivity contribution in [1.29, 1.82) is 0 Å². The summed E-state index contributed by atoms with van der Waals surface area (Å²) < 4.78 is 39.2. The zero-order valence-electron chi connectivity index (χ0n) is 12.3. The number of carbonyl (C=O) groups excluding carboxylic acids is 1. The Labute approximate surface area is 125 Å². The summed E-state index contributed by atoms with van der Waals surface area (Å²) >= 11 is 0. The highest BCUT2D eigenvalue weighted by Gasteiger charge is 2.61. The molecular formula is C14H16F3N3O2. The van der Waals surface area contributed by atoms with Crippen LogP contribution in [0.25, 0.3) is 0 Å². The first-order valence-electron chi connectivity index (χ1n) is 6.43. The van der Waals surface area contributed by atoms with E-state index in [2.05, 4.69) is 5.43 Å². The third-order valence-electron chi connectivity index (χ3n) is 3.30. The molecule has 1 unspecified atom stereocenters. The van der Waals surface area contributed by atoms with Gasteiger partial charge in [-0.2, -0.15) is 13.2 Å². The molecule has 0 aromatic heterocycles. The molecule has 0 saturated heterocycles. The summed E-state index contributed by atoms with van der Waals surface area (Å²) in [6.45, 7) is 1.33. The minimum atomic E-state index is -5.02. The second-order valence-electron chi connectivity index (χ2n) is 5.24. The molecule has 0 aliphatic carbocycles. The number of alkyl halides is 3. The van der Waals surface area contributed by atoms with Crippen molar-refractivity contribution in [2.45, 2.75) is 18.8 Å². The zero-order chi connectivity index (χ0) is 16.7. The van der Waals surface area contributed by atoms with Crippen LogP contribution in [0.15, 0.2) is 36.0 Å². The predicted molar refractivity (Wildman–Crippen MR) is 74.8 cm³/mol. The van der Waals surface area contributed by atoms with E-state index in [1.165, 1.54) is 19.1 Å². The molecule has 0 bridgehead atoms. The Morgan fingerprint density at radius 3 is 2.27 bits per heavy atom. The lowest BCUT2D eigenvalue weighted by Crippen LogP contribution is -2.60. The van der Waals surface area contributed by atoms with Crippen LogP contribution in [0.2, 0.25) is 0 Å². The molecule has 1 aliphatic heterocycles. The molecule has 22 heavy (non-hydrogen) atoms. The lowest BCUT2D eigenvalue weighted by atomic mass is 10.1. The Morgan fingerprint density at radius 1 is 1.27 bits per heavy atom. The van der Waals surface area contributed by atoms with Gasteiger partial charge in [0.15, 0.2) is 0 Å². The highest BCUT2D eigenvalue weighted by atomic mass is 19.4. The number of carbonyl (C=O) groups is 1. The summed E-state index contributed by atoms with van der Waals surface area (Å²) in [5, 5.41) is 10.1. The van der Waals surface area contributed by atoms with Crippen molar-refractivity contribution in [2.24, 2.45) is 0 Å². The van der Waals surface area contributed by atoms with Gasteiger partial charge >= 0.3 is 6.18 Å². The number of halogens is 3. The van der Waals surface area contributed by atoms with Crippen molar-refractivity contribution >= 4 is 11.6 Å². The third kappa shape index (κ3) is 2.61.